The minimum Gasteiger partial charge on any atom is -0.457 e. The first kappa shape index (κ1) is 27.9. The molecule has 0 spiro atoms. The summed E-state index contributed by atoms with van der Waals surface area (Å²) in [5.74, 6) is 1.38. The Kier molecular flexibility index (Phi) is 10.1. The Labute approximate surface area is 237 Å². The molecule has 4 rings (SSSR count). The van der Waals surface area contributed by atoms with E-state index in [0.717, 1.165) is 10.6 Å². The summed E-state index contributed by atoms with van der Waals surface area (Å²) < 4.78 is 5.88. The molecule has 0 aromatic heterocycles. The quantitative estimate of drug-likeness (QED) is 0.135. The lowest BCUT2D eigenvalue weighted by Crippen LogP contribution is -2.38. The molecular formula is C30H29ClN4O3S. The zero-order chi connectivity index (χ0) is 27.5. The number of benzene rings is 4. The van der Waals surface area contributed by atoms with Crippen LogP contribution in [0.3, 0.4) is 0 Å². The summed E-state index contributed by atoms with van der Waals surface area (Å²) in [4.78, 5) is 28.3. The maximum atomic E-state index is 13.3. The van der Waals surface area contributed by atoms with E-state index >= 15 is 0 Å². The van der Waals surface area contributed by atoms with E-state index in [9.17, 15) is 9.59 Å². The summed E-state index contributed by atoms with van der Waals surface area (Å²) in [6.07, 6.45) is 2.53. The first-order valence-corrected chi connectivity index (χ1v) is 14.0. The van der Waals surface area contributed by atoms with Gasteiger partial charge in [-0.15, -0.1) is 11.8 Å². The van der Waals surface area contributed by atoms with Gasteiger partial charge in [-0.1, -0.05) is 35.9 Å². The SMILES string of the molecule is CSc1ccc(NC(=O)NCCCN(C(=O)Nc2cccc(Cl)c2)c2ccc(Oc3ccccc3)cc2)cc1. The van der Waals surface area contributed by atoms with Crippen LogP contribution in [0.25, 0.3) is 0 Å². The average Bonchev–Trinajstić information content (AvgIpc) is 2.94. The molecule has 0 unspecified atom stereocenters. The summed E-state index contributed by atoms with van der Waals surface area (Å²) in [5, 5.41) is 9.09. The van der Waals surface area contributed by atoms with Crippen LogP contribution < -0.4 is 25.6 Å². The maximum Gasteiger partial charge on any atom is 0.326 e. The van der Waals surface area contributed by atoms with Gasteiger partial charge in [0.25, 0.3) is 0 Å². The van der Waals surface area contributed by atoms with Crippen LogP contribution in [-0.4, -0.2) is 31.4 Å². The van der Waals surface area contributed by atoms with Crippen LogP contribution in [0.15, 0.2) is 108 Å². The Morgan fingerprint density at radius 2 is 1.54 bits per heavy atom. The van der Waals surface area contributed by atoms with Crippen LogP contribution in [0.1, 0.15) is 6.42 Å². The predicted molar refractivity (Wildman–Crippen MR) is 161 cm³/mol. The minimum atomic E-state index is -0.313. The number of hydrogen-bond donors (Lipinski definition) is 3. The van der Waals surface area contributed by atoms with Crippen molar-refractivity contribution in [1.82, 2.24) is 5.32 Å². The fourth-order valence-corrected chi connectivity index (χ4v) is 4.31. The fraction of sp³-hybridized carbons (Fsp3) is 0.133. The standard InChI is InChI=1S/C30H29ClN4O3S/c1-39-28-17-11-23(12-18-28)33-29(36)32-19-6-20-35(30(37)34-24-8-5-7-22(31)21-24)25-13-15-27(16-14-25)38-26-9-3-2-4-10-26/h2-5,7-18,21H,6,19-20H2,1H3,(H,34,37)(H2,32,33,36). The highest BCUT2D eigenvalue weighted by molar-refractivity contribution is 7.98. The second-order valence-corrected chi connectivity index (χ2v) is 9.78. The highest BCUT2D eigenvalue weighted by atomic mass is 35.5. The van der Waals surface area contributed by atoms with Crippen LogP contribution in [0.5, 0.6) is 11.5 Å². The number of para-hydroxylation sites is 1. The van der Waals surface area contributed by atoms with E-state index < -0.39 is 0 Å². The number of anilines is 3. The second-order valence-electron chi connectivity index (χ2n) is 8.46. The van der Waals surface area contributed by atoms with Gasteiger partial charge in [-0.3, -0.25) is 4.90 Å². The number of halogens is 1. The molecule has 0 fully saturated rings. The topological polar surface area (TPSA) is 82.7 Å². The van der Waals surface area contributed by atoms with Gasteiger partial charge in [0.2, 0.25) is 0 Å². The molecule has 0 aliphatic heterocycles. The highest BCUT2D eigenvalue weighted by Crippen LogP contribution is 2.25. The second kappa shape index (κ2) is 14.1. The third kappa shape index (κ3) is 8.70. The lowest BCUT2D eigenvalue weighted by atomic mass is 10.2. The average molecular weight is 561 g/mol. The molecular weight excluding hydrogens is 532 g/mol. The van der Waals surface area contributed by atoms with Crippen molar-refractivity contribution in [3.05, 3.63) is 108 Å². The van der Waals surface area contributed by atoms with Crippen molar-refractivity contribution in [3.63, 3.8) is 0 Å². The van der Waals surface area contributed by atoms with Crippen molar-refractivity contribution in [2.24, 2.45) is 0 Å². The summed E-state index contributed by atoms with van der Waals surface area (Å²) in [7, 11) is 0. The van der Waals surface area contributed by atoms with Gasteiger partial charge in [-0.05, 0) is 91.5 Å². The molecule has 0 saturated heterocycles. The van der Waals surface area contributed by atoms with Gasteiger partial charge in [0.05, 0.1) is 0 Å². The van der Waals surface area contributed by atoms with Crippen LogP contribution in [0, 0.1) is 0 Å². The van der Waals surface area contributed by atoms with E-state index in [4.69, 9.17) is 16.3 Å². The molecule has 9 heteroatoms. The van der Waals surface area contributed by atoms with Crippen molar-refractivity contribution in [2.75, 3.05) is 34.9 Å². The molecule has 0 heterocycles. The summed E-state index contributed by atoms with van der Waals surface area (Å²) in [5.41, 5.74) is 1.99. The smallest absolute Gasteiger partial charge is 0.326 e. The molecule has 200 valence electrons. The molecule has 0 aliphatic carbocycles. The van der Waals surface area contributed by atoms with Gasteiger partial charge in [0.15, 0.2) is 0 Å². The molecule has 4 amide bonds. The van der Waals surface area contributed by atoms with Gasteiger partial charge in [-0.25, -0.2) is 9.59 Å². The third-order valence-electron chi connectivity index (χ3n) is 5.64. The van der Waals surface area contributed by atoms with E-state index in [-0.39, 0.29) is 12.1 Å². The molecule has 39 heavy (non-hydrogen) atoms. The minimum absolute atomic E-state index is 0.302. The Balaban J connectivity index is 1.37. The summed E-state index contributed by atoms with van der Waals surface area (Å²) >= 11 is 7.73. The van der Waals surface area contributed by atoms with Crippen LogP contribution >= 0.6 is 23.4 Å². The number of nitrogens with one attached hydrogen (secondary N) is 3. The summed E-state index contributed by atoms with van der Waals surface area (Å²) in [6.45, 7) is 0.749. The van der Waals surface area contributed by atoms with Gasteiger partial charge in [-0.2, -0.15) is 0 Å². The Bertz CT molecular complexity index is 1370. The van der Waals surface area contributed by atoms with Crippen LogP contribution in [-0.2, 0) is 0 Å². The number of amides is 4. The zero-order valence-electron chi connectivity index (χ0n) is 21.4. The van der Waals surface area contributed by atoms with Gasteiger partial charge < -0.3 is 20.7 Å². The number of urea groups is 2. The first-order valence-electron chi connectivity index (χ1n) is 12.4. The Hall–Kier alpha value is -4.14. The highest BCUT2D eigenvalue weighted by Gasteiger charge is 2.16. The van der Waals surface area contributed by atoms with Crippen LogP contribution in [0.2, 0.25) is 5.02 Å². The zero-order valence-corrected chi connectivity index (χ0v) is 23.0. The Morgan fingerprint density at radius 1 is 0.821 bits per heavy atom. The van der Waals surface area contributed by atoms with Gasteiger partial charge in [0, 0.05) is 40.1 Å². The largest absolute Gasteiger partial charge is 0.457 e. The van der Waals surface area contributed by atoms with E-state index in [1.165, 1.54) is 0 Å². The molecule has 4 aromatic rings. The number of rotatable bonds is 10. The van der Waals surface area contributed by atoms with E-state index in [1.807, 2.05) is 85.1 Å². The molecule has 0 radical (unpaired) electrons. The number of thioether (sulfide) groups is 1. The molecule has 7 nitrogen and oxygen atoms in total. The number of hydrogen-bond acceptors (Lipinski definition) is 4. The number of carbonyl (C=O) groups is 2. The Morgan fingerprint density at radius 3 is 2.23 bits per heavy atom. The normalized spacial score (nSPS) is 10.4. The molecule has 3 N–H and O–H groups in total. The van der Waals surface area contributed by atoms with Crippen molar-refractivity contribution in [2.45, 2.75) is 11.3 Å². The lowest BCUT2D eigenvalue weighted by molar-refractivity contribution is 0.252. The third-order valence-corrected chi connectivity index (χ3v) is 6.62. The molecule has 4 aromatic carbocycles. The van der Waals surface area contributed by atoms with E-state index in [1.54, 1.807) is 40.9 Å². The lowest BCUT2D eigenvalue weighted by Gasteiger charge is -2.24. The van der Waals surface area contributed by atoms with Crippen LogP contribution in [0.4, 0.5) is 26.7 Å². The van der Waals surface area contributed by atoms with Crippen molar-refractivity contribution in [1.29, 1.82) is 0 Å². The van der Waals surface area contributed by atoms with Gasteiger partial charge in [0.1, 0.15) is 11.5 Å². The summed E-state index contributed by atoms with van der Waals surface area (Å²) in [6, 6.07) is 30.8. The van der Waals surface area contributed by atoms with E-state index in [2.05, 4.69) is 16.0 Å². The number of nitrogens with zero attached hydrogens (tertiary/aromatic N) is 1. The van der Waals surface area contributed by atoms with Crippen molar-refractivity contribution >= 4 is 52.5 Å². The maximum absolute atomic E-state index is 13.3. The van der Waals surface area contributed by atoms with Crippen molar-refractivity contribution < 1.29 is 14.3 Å². The number of ether oxygens (including phenoxy) is 1. The first-order chi connectivity index (χ1) is 19.0. The monoisotopic (exact) mass is 560 g/mol. The predicted octanol–water partition coefficient (Wildman–Crippen LogP) is 8.10. The fourth-order valence-electron chi connectivity index (χ4n) is 3.71. The van der Waals surface area contributed by atoms with Gasteiger partial charge >= 0.3 is 12.1 Å². The molecule has 0 atom stereocenters. The number of carbonyl (C=O) groups excluding carboxylic acids is 2. The van der Waals surface area contributed by atoms with Crippen molar-refractivity contribution in [3.8, 4) is 11.5 Å². The molecule has 0 saturated carbocycles. The van der Waals surface area contributed by atoms with E-state index in [0.29, 0.717) is 47.3 Å². The molecule has 0 aliphatic rings. The molecule has 0 bridgehead atoms.